The zero-order chi connectivity index (χ0) is 16.6. The van der Waals surface area contributed by atoms with Crippen LogP contribution in [0.1, 0.15) is 80.0 Å². The second kappa shape index (κ2) is 8.87. The van der Waals surface area contributed by atoms with E-state index in [0.29, 0.717) is 5.92 Å². The molecule has 0 saturated carbocycles. The molecule has 0 N–H and O–H groups in total. The summed E-state index contributed by atoms with van der Waals surface area (Å²) in [5, 5.41) is 0. The standard InChI is InChI=1S/C24H30/c1-2-3-4-5-6-7-8-13-20-14-9-11-16-22(20)24-19-18-21-15-10-12-17-23(21)24/h9-12,14-19,24H,2-8,13H2,1H3. The summed E-state index contributed by atoms with van der Waals surface area (Å²) in [6.07, 6.45) is 15.5. The Kier molecular flexibility index (Phi) is 6.29. The molecule has 1 aliphatic carbocycles. The Bertz CT molecular complexity index is 665. The summed E-state index contributed by atoms with van der Waals surface area (Å²) in [4.78, 5) is 0. The van der Waals surface area contributed by atoms with Crippen LogP contribution in [0.15, 0.2) is 54.6 Å². The maximum atomic E-state index is 2.37. The molecule has 0 nitrogen and oxygen atoms in total. The number of hydrogen-bond acceptors (Lipinski definition) is 0. The van der Waals surface area contributed by atoms with Crippen LogP contribution >= 0.6 is 0 Å². The highest BCUT2D eigenvalue weighted by Gasteiger charge is 2.20. The molecule has 0 saturated heterocycles. The predicted molar refractivity (Wildman–Crippen MR) is 105 cm³/mol. The Labute approximate surface area is 147 Å². The molecule has 2 aromatic carbocycles. The van der Waals surface area contributed by atoms with Crippen LogP contribution in [0.4, 0.5) is 0 Å². The minimum absolute atomic E-state index is 0.446. The summed E-state index contributed by atoms with van der Waals surface area (Å²) in [6.45, 7) is 2.28. The van der Waals surface area contributed by atoms with Gasteiger partial charge in [0.05, 0.1) is 0 Å². The second-order valence-corrected chi connectivity index (χ2v) is 7.04. The lowest BCUT2D eigenvalue weighted by Gasteiger charge is -2.16. The molecular formula is C24H30. The lowest BCUT2D eigenvalue weighted by molar-refractivity contribution is 0.588. The largest absolute Gasteiger partial charge is 0.0720 e. The smallest absolute Gasteiger partial charge is 0.0281 e. The average molecular weight is 319 g/mol. The summed E-state index contributed by atoms with van der Waals surface area (Å²) < 4.78 is 0. The van der Waals surface area contributed by atoms with Crippen LogP contribution < -0.4 is 0 Å². The molecule has 0 bridgehead atoms. The highest BCUT2D eigenvalue weighted by molar-refractivity contribution is 5.65. The van der Waals surface area contributed by atoms with E-state index in [1.54, 1.807) is 0 Å². The van der Waals surface area contributed by atoms with Crippen molar-refractivity contribution in [2.75, 3.05) is 0 Å². The number of unbranched alkanes of at least 4 members (excludes halogenated alkanes) is 6. The van der Waals surface area contributed by atoms with Crippen LogP contribution in [0, 0.1) is 0 Å². The predicted octanol–water partition coefficient (Wildman–Crippen LogP) is 7.14. The van der Waals surface area contributed by atoms with Crippen LogP contribution in [-0.4, -0.2) is 0 Å². The van der Waals surface area contributed by atoms with E-state index in [1.807, 2.05) is 0 Å². The number of fused-ring (bicyclic) bond motifs is 1. The quantitative estimate of drug-likeness (QED) is 0.431. The first-order chi connectivity index (χ1) is 11.9. The van der Waals surface area contributed by atoms with Crippen molar-refractivity contribution in [1.82, 2.24) is 0 Å². The number of benzene rings is 2. The topological polar surface area (TPSA) is 0 Å². The third kappa shape index (κ3) is 4.17. The van der Waals surface area contributed by atoms with E-state index in [9.17, 15) is 0 Å². The molecule has 0 spiro atoms. The third-order valence-electron chi connectivity index (χ3n) is 5.24. The molecule has 0 heteroatoms. The van der Waals surface area contributed by atoms with Gasteiger partial charge in [-0.2, -0.15) is 0 Å². The van der Waals surface area contributed by atoms with Gasteiger partial charge in [0.25, 0.3) is 0 Å². The normalized spacial score (nSPS) is 15.6. The Balaban J connectivity index is 1.59. The molecule has 0 radical (unpaired) electrons. The first-order valence-electron chi connectivity index (χ1n) is 9.75. The van der Waals surface area contributed by atoms with E-state index in [4.69, 9.17) is 0 Å². The van der Waals surface area contributed by atoms with Crippen molar-refractivity contribution < 1.29 is 0 Å². The number of aryl methyl sites for hydroxylation is 1. The molecule has 0 heterocycles. The second-order valence-electron chi connectivity index (χ2n) is 7.04. The number of hydrogen-bond donors (Lipinski definition) is 0. The van der Waals surface area contributed by atoms with Gasteiger partial charge in [-0.25, -0.2) is 0 Å². The monoisotopic (exact) mass is 318 g/mol. The van der Waals surface area contributed by atoms with E-state index in [0.717, 1.165) is 0 Å². The summed E-state index contributed by atoms with van der Waals surface area (Å²) in [5.41, 5.74) is 5.89. The zero-order valence-corrected chi connectivity index (χ0v) is 15.0. The Morgan fingerprint density at radius 1 is 0.708 bits per heavy atom. The van der Waals surface area contributed by atoms with Crippen LogP contribution in [0.5, 0.6) is 0 Å². The van der Waals surface area contributed by atoms with E-state index >= 15 is 0 Å². The zero-order valence-electron chi connectivity index (χ0n) is 15.0. The summed E-state index contributed by atoms with van der Waals surface area (Å²) >= 11 is 0. The van der Waals surface area contributed by atoms with Crippen molar-refractivity contribution >= 4 is 6.08 Å². The van der Waals surface area contributed by atoms with Gasteiger partial charge in [-0.05, 0) is 35.1 Å². The van der Waals surface area contributed by atoms with E-state index in [1.165, 1.54) is 73.6 Å². The molecule has 24 heavy (non-hydrogen) atoms. The van der Waals surface area contributed by atoms with Crippen molar-refractivity contribution in [3.63, 3.8) is 0 Å². The van der Waals surface area contributed by atoms with Crippen molar-refractivity contribution in [2.24, 2.45) is 0 Å². The van der Waals surface area contributed by atoms with Gasteiger partial charge in [0.1, 0.15) is 0 Å². The number of allylic oxidation sites excluding steroid dienone is 1. The first kappa shape index (κ1) is 17.0. The molecular weight excluding hydrogens is 288 g/mol. The molecule has 126 valence electrons. The van der Waals surface area contributed by atoms with Crippen LogP contribution in [-0.2, 0) is 6.42 Å². The molecule has 2 aromatic rings. The molecule has 0 amide bonds. The first-order valence-corrected chi connectivity index (χ1v) is 9.75. The van der Waals surface area contributed by atoms with Crippen molar-refractivity contribution in [1.29, 1.82) is 0 Å². The lowest BCUT2D eigenvalue weighted by Crippen LogP contribution is -2.01. The van der Waals surface area contributed by atoms with Gasteiger partial charge in [-0.1, -0.05) is 106 Å². The van der Waals surface area contributed by atoms with Gasteiger partial charge in [0.15, 0.2) is 0 Å². The Morgan fingerprint density at radius 3 is 2.21 bits per heavy atom. The van der Waals surface area contributed by atoms with Gasteiger partial charge in [-0.3, -0.25) is 0 Å². The minimum Gasteiger partial charge on any atom is -0.0720 e. The van der Waals surface area contributed by atoms with Gasteiger partial charge < -0.3 is 0 Å². The van der Waals surface area contributed by atoms with Gasteiger partial charge >= 0.3 is 0 Å². The summed E-state index contributed by atoms with van der Waals surface area (Å²) in [7, 11) is 0. The average Bonchev–Trinajstić information content (AvgIpc) is 3.05. The van der Waals surface area contributed by atoms with E-state index in [-0.39, 0.29) is 0 Å². The van der Waals surface area contributed by atoms with Gasteiger partial charge in [0, 0.05) is 5.92 Å². The molecule has 3 rings (SSSR count). The summed E-state index contributed by atoms with van der Waals surface area (Å²) in [5.74, 6) is 0.446. The van der Waals surface area contributed by atoms with Crippen molar-refractivity contribution in [3.05, 3.63) is 76.9 Å². The van der Waals surface area contributed by atoms with Crippen LogP contribution in [0.3, 0.4) is 0 Å². The molecule has 1 aliphatic rings. The number of rotatable bonds is 9. The fraction of sp³-hybridized carbons (Fsp3) is 0.417. The molecule has 0 fully saturated rings. The fourth-order valence-electron chi connectivity index (χ4n) is 3.86. The molecule has 1 unspecified atom stereocenters. The fourth-order valence-corrected chi connectivity index (χ4v) is 3.86. The van der Waals surface area contributed by atoms with Crippen LogP contribution in [0.2, 0.25) is 0 Å². The Hall–Kier alpha value is -1.82. The highest BCUT2D eigenvalue weighted by atomic mass is 14.2. The highest BCUT2D eigenvalue weighted by Crippen LogP contribution is 2.37. The summed E-state index contributed by atoms with van der Waals surface area (Å²) in [6, 6.07) is 17.9. The maximum Gasteiger partial charge on any atom is 0.0281 e. The maximum absolute atomic E-state index is 2.37. The Morgan fingerprint density at radius 2 is 1.38 bits per heavy atom. The molecule has 0 aliphatic heterocycles. The van der Waals surface area contributed by atoms with E-state index in [2.05, 4.69) is 67.6 Å². The molecule has 1 atom stereocenters. The van der Waals surface area contributed by atoms with Gasteiger partial charge in [0.2, 0.25) is 0 Å². The third-order valence-corrected chi connectivity index (χ3v) is 5.24. The van der Waals surface area contributed by atoms with Crippen molar-refractivity contribution in [3.8, 4) is 0 Å². The van der Waals surface area contributed by atoms with Crippen molar-refractivity contribution in [2.45, 2.75) is 64.2 Å². The minimum atomic E-state index is 0.446. The van der Waals surface area contributed by atoms with E-state index < -0.39 is 0 Å². The van der Waals surface area contributed by atoms with Crippen LogP contribution in [0.25, 0.3) is 6.08 Å². The van der Waals surface area contributed by atoms with Gasteiger partial charge in [-0.15, -0.1) is 0 Å². The SMILES string of the molecule is CCCCCCCCCc1ccccc1C1C=Cc2ccccc21. The molecule has 0 aromatic heterocycles. The lowest BCUT2D eigenvalue weighted by atomic mass is 9.88.